The molecule has 0 saturated carbocycles. The third-order valence-corrected chi connectivity index (χ3v) is 14.5. The van der Waals surface area contributed by atoms with E-state index in [9.17, 15) is 0 Å². The van der Waals surface area contributed by atoms with Gasteiger partial charge in [0.1, 0.15) is 16.7 Å². The van der Waals surface area contributed by atoms with Crippen LogP contribution in [0.3, 0.4) is 0 Å². The molecule has 11 aromatic carbocycles. The van der Waals surface area contributed by atoms with Crippen molar-refractivity contribution in [3.63, 3.8) is 0 Å². The molecule has 3 heteroatoms. The lowest BCUT2D eigenvalue weighted by atomic mass is 9.82. The second kappa shape index (κ2) is 13.8. The number of fused-ring (bicyclic) bond motifs is 16. The predicted molar refractivity (Wildman–Crippen MR) is 277 cm³/mol. The van der Waals surface area contributed by atoms with Crippen LogP contribution in [0.25, 0.3) is 110 Å². The van der Waals surface area contributed by atoms with Gasteiger partial charge in [0.05, 0.1) is 11.4 Å². The fourth-order valence-corrected chi connectivity index (χ4v) is 11.4. The van der Waals surface area contributed by atoms with Crippen LogP contribution >= 0.6 is 0 Å². The summed E-state index contributed by atoms with van der Waals surface area (Å²) in [6.07, 6.45) is 0. The highest BCUT2D eigenvalue weighted by Gasteiger charge is 2.36. The van der Waals surface area contributed by atoms with E-state index in [0.29, 0.717) is 0 Å². The summed E-state index contributed by atoms with van der Waals surface area (Å²) in [6.45, 7) is 4.71. The highest BCUT2D eigenvalue weighted by Crippen LogP contribution is 2.54. The molecule has 0 N–H and O–H groups in total. The minimum Gasteiger partial charge on any atom is -0.456 e. The number of nitrogens with zero attached hydrogens (tertiary/aromatic N) is 1. The Morgan fingerprint density at radius 2 is 0.924 bits per heavy atom. The number of benzene rings is 11. The molecule has 1 aliphatic carbocycles. The van der Waals surface area contributed by atoms with Crippen LogP contribution in [0, 0.1) is 0 Å². The quantitative estimate of drug-likeness (QED) is 0.162. The Morgan fingerprint density at radius 3 is 1.70 bits per heavy atom. The second-order valence-corrected chi connectivity index (χ2v) is 18.3. The van der Waals surface area contributed by atoms with Crippen molar-refractivity contribution in [2.75, 3.05) is 4.90 Å². The van der Waals surface area contributed by atoms with E-state index in [4.69, 9.17) is 8.83 Å². The molecule has 2 heterocycles. The zero-order valence-electron chi connectivity index (χ0n) is 36.5. The van der Waals surface area contributed by atoms with E-state index in [0.717, 1.165) is 83.2 Å². The third-order valence-electron chi connectivity index (χ3n) is 14.5. The lowest BCUT2D eigenvalue weighted by Crippen LogP contribution is -2.17. The van der Waals surface area contributed by atoms with Crippen LogP contribution in [0.5, 0.6) is 0 Å². The largest absolute Gasteiger partial charge is 0.456 e. The summed E-state index contributed by atoms with van der Waals surface area (Å²) >= 11 is 0. The highest BCUT2D eigenvalue weighted by molar-refractivity contribution is 6.31. The average Bonchev–Trinajstić information content (AvgIpc) is 4.02. The van der Waals surface area contributed by atoms with Crippen LogP contribution in [-0.4, -0.2) is 0 Å². The fraction of sp³-hybridized carbons (Fsp3) is 0.0476. The molecule has 0 aliphatic heterocycles. The molecular weight excluding hydrogens is 803 g/mol. The molecule has 14 rings (SSSR count). The van der Waals surface area contributed by atoms with Crippen LogP contribution in [0.2, 0.25) is 0 Å². The second-order valence-electron chi connectivity index (χ2n) is 18.3. The van der Waals surface area contributed by atoms with Gasteiger partial charge in [-0.05, 0) is 120 Å². The van der Waals surface area contributed by atoms with Gasteiger partial charge in [-0.15, -0.1) is 0 Å². The lowest BCUT2D eigenvalue weighted by molar-refractivity contribution is 0.660. The smallest absolute Gasteiger partial charge is 0.160 e. The number of para-hydroxylation sites is 2. The minimum absolute atomic E-state index is 0.190. The summed E-state index contributed by atoms with van der Waals surface area (Å²) in [7, 11) is 0. The monoisotopic (exact) mass is 843 g/mol. The zero-order chi connectivity index (χ0) is 43.7. The number of hydrogen-bond donors (Lipinski definition) is 0. The first kappa shape index (κ1) is 37.0. The maximum absolute atomic E-state index is 7.36. The van der Waals surface area contributed by atoms with Gasteiger partial charge in [0.15, 0.2) is 5.58 Å². The molecule has 0 fully saturated rings. The number of rotatable bonds is 5. The van der Waals surface area contributed by atoms with Crippen molar-refractivity contribution >= 4 is 93.3 Å². The molecule has 1 aliphatic rings. The summed E-state index contributed by atoms with van der Waals surface area (Å²) in [5.41, 5.74) is 16.0. The molecule has 0 saturated heterocycles. The van der Waals surface area contributed by atoms with Gasteiger partial charge < -0.3 is 13.7 Å². The van der Waals surface area contributed by atoms with E-state index in [2.05, 4.69) is 225 Å². The van der Waals surface area contributed by atoms with Gasteiger partial charge in [0.25, 0.3) is 0 Å². The first-order valence-corrected chi connectivity index (χ1v) is 22.8. The molecule has 310 valence electrons. The summed E-state index contributed by atoms with van der Waals surface area (Å²) in [5.74, 6) is 0. The predicted octanol–water partition coefficient (Wildman–Crippen LogP) is 18.1. The van der Waals surface area contributed by atoms with Gasteiger partial charge in [0.2, 0.25) is 0 Å². The van der Waals surface area contributed by atoms with Crippen molar-refractivity contribution < 1.29 is 8.83 Å². The van der Waals surface area contributed by atoms with Gasteiger partial charge in [0, 0.05) is 38.2 Å². The van der Waals surface area contributed by atoms with Gasteiger partial charge in [-0.3, -0.25) is 0 Å². The Labute approximate surface area is 381 Å². The van der Waals surface area contributed by atoms with Gasteiger partial charge in [-0.1, -0.05) is 178 Å². The van der Waals surface area contributed by atoms with E-state index in [1.165, 1.54) is 54.6 Å². The first-order chi connectivity index (χ1) is 32.5. The van der Waals surface area contributed by atoms with Crippen molar-refractivity contribution in [3.8, 4) is 33.4 Å². The van der Waals surface area contributed by atoms with Crippen molar-refractivity contribution in [2.24, 2.45) is 0 Å². The molecule has 0 spiro atoms. The van der Waals surface area contributed by atoms with Crippen molar-refractivity contribution in [1.82, 2.24) is 0 Å². The number of furan rings is 2. The maximum Gasteiger partial charge on any atom is 0.160 e. The van der Waals surface area contributed by atoms with E-state index in [1.54, 1.807) is 0 Å². The van der Waals surface area contributed by atoms with Gasteiger partial charge in [-0.25, -0.2) is 0 Å². The SMILES string of the molecule is CC1(C)c2ccccc2-c2ccc(N(c3ccccc3-c3ccccc3)c3ccc(-c4ccc5c6ccccc6c6ccccc6c5c4)c4c3oc3ccc5oc6ccccc6c5c34)cc21. The van der Waals surface area contributed by atoms with E-state index < -0.39 is 0 Å². The Hall–Kier alpha value is -8.40. The zero-order valence-corrected chi connectivity index (χ0v) is 36.5. The van der Waals surface area contributed by atoms with E-state index in [-0.39, 0.29) is 5.41 Å². The van der Waals surface area contributed by atoms with Crippen LogP contribution in [-0.2, 0) is 5.41 Å². The average molecular weight is 844 g/mol. The van der Waals surface area contributed by atoms with Crippen LogP contribution < -0.4 is 4.90 Å². The highest BCUT2D eigenvalue weighted by atomic mass is 16.3. The van der Waals surface area contributed by atoms with Crippen LogP contribution in [0.4, 0.5) is 17.1 Å². The molecule has 0 bridgehead atoms. The Bertz CT molecular complexity index is 4120. The van der Waals surface area contributed by atoms with Crippen molar-refractivity contribution in [1.29, 1.82) is 0 Å². The third kappa shape index (κ3) is 5.20. The number of anilines is 3. The Morgan fingerprint density at radius 1 is 0.333 bits per heavy atom. The minimum atomic E-state index is -0.190. The van der Waals surface area contributed by atoms with Crippen LogP contribution in [0.15, 0.2) is 221 Å². The Balaban J connectivity index is 1.10. The molecular formula is C63H41NO2. The molecule has 3 nitrogen and oxygen atoms in total. The maximum atomic E-state index is 7.36. The standard InChI is InChI=1S/C63H41NO2/c1-63(2)52-25-13-10-23-48(52)49-31-29-40(37-53(49)63)64(54-26-14-11-18-41(54)38-16-4-3-5-17-38)55-33-32-42(60-61-58(66-62(55)60)35-34-57-59(61)50-24-12-15-27-56(50)65-57)39-28-30-47-45-21-7-6-19-43(45)44-20-8-9-22-46(44)51(47)36-39/h3-37H,1-2H3. The topological polar surface area (TPSA) is 29.5 Å². The van der Waals surface area contributed by atoms with Crippen LogP contribution in [0.1, 0.15) is 25.0 Å². The molecule has 0 radical (unpaired) electrons. The number of hydrogen-bond acceptors (Lipinski definition) is 3. The summed E-state index contributed by atoms with van der Waals surface area (Å²) in [4.78, 5) is 2.43. The summed E-state index contributed by atoms with van der Waals surface area (Å²) in [5, 5.41) is 11.7. The molecule has 13 aromatic rings. The molecule has 66 heavy (non-hydrogen) atoms. The molecule has 0 amide bonds. The molecule has 2 aromatic heterocycles. The lowest BCUT2D eigenvalue weighted by Gasteiger charge is -2.30. The normalized spacial score (nSPS) is 13.1. The molecule has 0 unspecified atom stereocenters. The van der Waals surface area contributed by atoms with Crippen molar-refractivity contribution in [2.45, 2.75) is 19.3 Å². The van der Waals surface area contributed by atoms with E-state index in [1.807, 2.05) is 6.07 Å². The first-order valence-electron chi connectivity index (χ1n) is 22.8. The summed E-state index contributed by atoms with van der Waals surface area (Å²) < 4.78 is 13.9. The van der Waals surface area contributed by atoms with Crippen molar-refractivity contribution in [3.05, 3.63) is 223 Å². The molecule has 0 atom stereocenters. The Kier molecular flexibility index (Phi) is 7.74. The summed E-state index contributed by atoms with van der Waals surface area (Å²) in [6, 6.07) is 77.1. The van der Waals surface area contributed by atoms with Gasteiger partial charge >= 0.3 is 0 Å². The van der Waals surface area contributed by atoms with Gasteiger partial charge in [-0.2, -0.15) is 0 Å². The fourth-order valence-electron chi connectivity index (χ4n) is 11.4. The van der Waals surface area contributed by atoms with E-state index >= 15 is 0 Å².